The van der Waals surface area contributed by atoms with Crippen molar-refractivity contribution < 1.29 is 14.6 Å². The highest BCUT2D eigenvalue weighted by atomic mass is 32.2. The smallest absolute Gasteiger partial charge is 0.410 e. The van der Waals surface area contributed by atoms with Crippen molar-refractivity contribution in [2.45, 2.75) is 58.6 Å². The van der Waals surface area contributed by atoms with Crippen molar-refractivity contribution in [3.8, 4) is 0 Å². The number of hydrogen-bond acceptors (Lipinski definition) is 4. The van der Waals surface area contributed by atoms with Crippen molar-refractivity contribution in [3.63, 3.8) is 0 Å². The lowest BCUT2D eigenvalue weighted by atomic mass is 9.98. The van der Waals surface area contributed by atoms with Gasteiger partial charge in [0, 0.05) is 17.8 Å². The molecule has 1 N–H and O–H groups in total. The number of carbonyl (C=O) groups excluding carboxylic acids is 1. The number of benzene rings is 1. The Morgan fingerprint density at radius 2 is 1.88 bits per heavy atom. The molecule has 0 aliphatic heterocycles. The number of aliphatic hydroxyl groups is 1. The summed E-state index contributed by atoms with van der Waals surface area (Å²) in [5, 5.41) is 9.22. The Bertz CT molecular complexity index is 499. The highest BCUT2D eigenvalue weighted by Crippen LogP contribution is 2.22. The molecule has 0 aliphatic carbocycles. The second-order valence-corrected chi connectivity index (χ2v) is 8.63. The maximum absolute atomic E-state index is 12.6. The quantitative estimate of drug-likeness (QED) is 0.652. The predicted molar refractivity (Wildman–Crippen MR) is 106 cm³/mol. The van der Waals surface area contributed by atoms with Gasteiger partial charge < -0.3 is 14.7 Å². The number of aliphatic hydroxyl groups excluding tert-OH is 1. The molecule has 25 heavy (non-hydrogen) atoms. The molecule has 0 saturated heterocycles. The monoisotopic (exact) mass is 367 g/mol. The van der Waals surface area contributed by atoms with E-state index in [1.807, 2.05) is 43.9 Å². The predicted octanol–water partition coefficient (Wildman–Crippen LogP) is 4.53. The van der Waals surface area contributed by atoms with Gasteiger partial charge in [-0.25, -0.2) is 4.79 Å². The number of hydrogen-bond donors (Lipinski definition) is 1. The summed E-state index contributed by atoms with van der Waals surface area (Å²) in [5.74, 6) is 1.85. The van der Waals surface area contributed by atoms with E-state index in [0.29, 0.717) is 13.2 Å². The van der Waals surface area contributed by atoms with Crippen molar-refractivity contribution in [1.82, 2.24) is 4.90 Å². The highest BCUT2D eigenvalue weighted by molar-refractivity contribution is 7.99. The zero-order chi connectivity index (χ0) is 18.9. The fourth-order valence-electron chi connectivity index (χ4n) is 2.44. The largest absolute Gasteiger partial charge is 0.449 e. The first-order valence-corrected chi connectivity index (χ1v) is 10.1. The lowest BCUT2D eigenvalue weighted by Crippen LogP contribution is -2.47. The Morgan fingerprint density at radius 1 is 1.24 bits per heavy atom. The maximum atomic E-state index is 12.6. The lowest BCUT2D eigenvalue weighted by molar-refractivity contribution is 0.0653. The van der Waals surface area contributed by atoms with Crippen molar-refractivity contribution in [1.29, 1.82) is 0 Å². The first kappa shape index (κ1) is 21.8. The minimum absolute atomic E-state index is 0.245. The number of nitrogens with zero attached hydrogens (tertiary/aromatic N) is 1. The van der Waals surface area contributed by atoms with E-state index in [-0.39, 0.29) is 23.7 Å². The van der Waals surface area contributed by atoms with Crippen LogP contribution >= 0.6 is 11.8 Å². The van der Waals surface area contributed by atoms with E-state index in [1.165, 1.54) is 5.56 Å². The summed E-state index contributed by atoms with van der Waals surface area (Å²) >= 11 is 1.68. The molecule has 0 aliphatic rings. The standard InChI is InChI=1S/C20H33NO3S/c1-16(18-10-7-6-8-11-18)14-21(20(3,4)5)19(23)24-12-9-13-25-15-17(2)22/h6-8,10-11,16-17,22H,9,12-15H2,1-5H3/t16-,17+/m1/s1. The number of carbonyl (C=O) groups is 1. The number of thioether (sulfide) groups is 1. The van der Waals surface area contributed by atoms with Crippen LogP contribution in [0.5, 0.6) is 0 Å². The number of ether oxygens (including phenoxy) is 1. The van der Waals surface area contributed by atoms with Gasteiger partial charge in [0.05, 0.1) is 12.7 Å². The molecule has 0 spiro atoms. The topological polar surface area (TPSA) is 49.8 Å². The summed E-state index contributed by atoms with van der Waals surface area (Å²) in [6.07, 6.45) is 0.259. The second kappa shape index (κ2) is 10.7. The summed E-state index contributed by atoms with van der Waals surface area (Å²) in [7, 11) is 0. The Kier molecular flexibility index (Phi) is 9.36. The van der Waals surface area contributed by atoms with Crippen LogP contribution in [0, 0.1) is 0 Å². The normalized spacial score (nSPS) is 14.0. The minimum atomic E-state index is -0.290. The van der Waals surface area contributed by atoms with Gasteiger partial charge >= 0.3 is 6.09 Å². The molecule has 142 valence electrons. The molecule has 4 nitrogen and oxygen atoms in total. The van der Waals surface area contributed by atoms with Crippen LogP contribution in [0.3, 0.4) is 0 Å². The van der Waals surface area contributed by atoms with Crippen molar-refractivity contribution in [2.75, 3.05) is 24.7 Å². The molecule has 0 aromatic heterocycles. The third kappa shape index (κ3) is 8.63. The van der Waals surface area contributed by atoms with Gasteiger partial charge in [-0.15, -0.1) is 0 Å². The molecule has 1 rings (SSSR count). The van der Waals surface area contributed by atoms with Crippen LogP contribution in [-0.4, -0.2) is 52.4 Å². The Labute approximate surface area is 156 Å². The average molecular weight is 368 g/mol. The molecule has 0 fully saturated rings. The third-order valence-corrected chi connectivity index (χ3v) is 5.17. The molecule has 5 heteroatoms. The van der Waals surface area contributed by atoms with Crippen molar-refractivity contribution >= 4 is 17.9 Å². The van der Waals surface area contributed by atoms with Gasteiger partial charge in [0.25, 0.3) is 0 Å². The van der Waals surface area contributed by atoms with Crippen LogP contribution in [0.25, 0.3) is 0 Å². The average Bonchev–Trinajstić information content (AvgIpc) is 2.54. The van der Waals surface area contributed by atoms with Gasteiger partial charge in [-0.3, -0.25) is 0 Å². The molecule has 1 aromatic carbocycles. The van der Waals surface area contributed by atoms with Gasteiger partial charge in [-0.1, -0.05) is 37.3 Å². The first-order chi connectivity index (χ1) is 11.7. The zero-order valence-electron chi connectivity index (χ0n) is 16.2. The minimum Gasteiger partial charge on any atom is -0.449 e. The lowest BCUT2D eigenvalue weighted by Gasteiger charge is -2.36. The molecule has 0 bridgehead atoms. The van der Waals surface area contributed by atoms with E-state index in [2.05, 4.69) is 19.1 Å². The molecular weight excluding hydrogens is 334 g/mol. The van der Waals surface area contributed by atoms with Crippen LogP contribution in [0.1, 0.15) is 52.5 Å². The fourth-order valence-corrected chi connectivity index (χ4v) is 3.27. The van der Waals surface area contributed by atoms with Crippen molar-refractivity contribution in [2.24, 2.45) is 0 Å². The van der Waals surface area contributed by atoms with E-state index >= 15 is 0 Å². The molecule has 0 heterocycles. The second-order valence-electron chi connectivity index (χ2n) is 7.49. The molecular formula is C20H33NO3S. The Morgan fingerprint density at radius 3 is 2.44 bits per heavy atom. The maximum Gasteiger partial charge on any atom is 0.410 e. The SMILES string of the molecule is C[C@H](O)CSCCCOC(=O)N(C[C@@H](C)c1ccccc1)C(C)(C)C. The molecule has 1 amide bonds. The van der Waals surface area contributed by atoms with E-state index in [4.69, 9.17) is 4.74 Å². The van der Waals surface area contributed by atoms with Gasteiger partial charge in [-0.2, -0.15) is 11.8 Å². The molecule has 2 atom stereocenters. The van der Waals surface area contributed by atoms with Gasteiger partial charge in [0.1, 0.15) is 0 Å². The Balaban J connectivity index is 2.50. The van der Waals surface area contributed by atoms with Gasteiger partial charge in [0.2, 0.25) is 0 Å². The molecule has 0 unspecified atom stereocenters. The van der Waals surface area contributed by atoms with E-state index in [9.17, 15) is 9.90 Å². The van der Waals surface area contributed by atoms with Crippen LogP contribution in [0.4, 0.5) is 4.79 Å². The molecule has 0 saturated carbocycles. The Hall–Kier alpha value is -1.20. The summed E-state index contributed by atoms with van der Waals surface area (Å²) < 4.78 is 5.49. The zero-order valence-corrected chi connectivity index (χ0v) is 17.0. The van der Waals surface area contributed by atoms with Crippen LogP contribution < -0.4 is 0 Å². The molecule has 0 radical (unpaired) electrons. The van der Waals surface area contributed by atoms with Crippen LogP contribution in [0.15, 0.2) is 30.3 Å². The van der Waals surface area contributed by atoms with E-state index in [1.54, 1.807) is 18.7 Å². The van der Waals surface area contributed by atoms with E-state index < -0.39 is 0 Å². The van der Waals surface area contributed by atoms with Crippen molar-refractivity contribution in [3.05, 3.63) is 35.9 Å². The summed E-state index contributed by atoms with van der Waals surface area (Å²) in [6.45, 7) is 11.1. The van der Waals surface area contributed by atoms with Gasteiger partial charge in [0.15, 0.2) is 0 Å². The number of rotatable bonds is 9. The number of amides is 1. The van der Waals surface area contributed by atoms with Crippen LogP contribution in [0.2, 0.25) is 0 Å². The summed E-state index contributed by atoms with van der Waals surface area (Å²) in [5.41, 5.74) is 0.931. The summed E-state index contributed by atoms with van der Waals surface area (Å²) in [6, 6.07) is 10.2. The fraction of sp³-hybridized carbons (Fsp3) is 0.650. The third-order valence-electron chi connectivity index (χ3n) is 3.87. The van der Waals surface area contributed by atoms with Gasteiger partial charge in [-0.05, 0) is 51.3 Å². The van der Waals surface area contributed by atoms with Crippen LogP contribution in [-0.2, 0) is 4.74 Å². The highest BCUT2D eigenvalue weighted by Gasteiger charge is 2.29. The molecule has 1 aromatic rings. The van der Waals surface area contributed by atoms with E-state index in [0.717, 1.165) is 17.9 Å². The first-order valence-electron chi connectivity index (χ1n) is 8.97. The summed E-state index contributed by atoms with van der Waals surface area (Å²) in [4.78, 5) is 14.4.